The lowest BCUT2D eigenvalue weighted by Gasteiger charge is -2.11. The number of amides is 1. The van der Waals surface area contributed by atoms with Gasteiger partial charge in [-0.05, 0) is 63.2 Å². The lowest BCUT2D eigenvalue weighted by molar-refractivity contribution is -0.113. The van der Waals surface area contributed by atoms with E-state index < -0.39 is 15.8 Å². The van der Waals surface area contributed by atoms with Crippen LogP contribution in [-0.4, -0.2) is 46.9 Å². The average molecular weight is 565 g/mol. The Morgan fingerprint density at radius 2 is 1.69 bits per heavy atom. The smallest absolute Gasteiger partial charge is 0.338 e. The zero-order chi connectivity index (χ0) is 28.0. The molecule has 1 aromatic heterocycles. The van der Waals surface area contributed by atoms with Crippen LogP contribution in [0.1, 0.15) is 35.6 Å². The summed E-state index contributed by atoms with van der Waals surface area (Å²) in [5.41, 5.74) is 2.42. The van der Waals surface area contributed by atoms with Crippen molar-refractivity contribution in [3.05, 3.63) is 95.8 Å². The van der Waals surface area contributed by atoms with Gasteiger partial charge < -0.3 is 10.1 Å². The maximum atomic E-state index is 13.1. The first-order valence-electron chi connectivity index (χ1n) is 12.2. The Kier molecular flexibility index (Phi) is 8.82. The van der Waals surface area contributed by atoms with E-state index in [0.29, 0.717) is 22.1 Å². The maximum Gasteiger partial charge on any atom is 0.338 e. The van der Waals surface area contributed by atoms with E-state index in [0.717, 1.165) is 17.3 Å². The number of para-hydroxylation sites is 1. The number of anilines is 1. The highest BCUT2D eigenvalue weighted by atomic mass is 32.2. The van der Waals surface area contributed by atoms with Crippen LogP contribution in [0.3, 0.4) is 0 Å². The number of benzene rings is 3. The quantitative estimate of drug-likeness (QED) is 0.215. The fourth-order valence-electron chi connectivity index (χ4n) is 3.66. The van der Waals surface area contributed by atoms with Crippen molar-refractivity contribution in [2.75, 3.05) is 11.1 Å². The lowest BCUT2D eigenvalue weighted by Crippen LogP contribution is -2.16. The molecule has 1 heterocycles. The number of carbonyl (C=O) groups is 2. The van der Waals surface area contributed by atoms with E-state index in [1.54, 1.807) is 66.9 Å². The number of aryl methyl sites for hydroxylation is 1. The van der Waals surface area contributed by atoms with Crippen LogP contribution in [0.4, 0.5) is 5.69 Å². The summed E-state index contributed by atoms with van der Waals surface area (Å²) in [5, 5.41) is 11.5. The summed E-state index contributed by atoms with van der Waals surface area (Å²) in [4.78, 5) is 25.1. The van der Waals surface area contributed by atoms with Crippen molar-refractivity contribution < 1.29 is 22.7 Å². The fraction of sp³-hybridized carbons (Fsp3) is 0.214. The molecule has 3 aromatic carbocycles. The van der Waals surface area contributed by atoms with E-state index in [1.165, 1.54) is 0 Å². The van der Waals surface area contributed by atoms with E-state index in [2.05, 4.69) is 15.5 Å². The van der Waals surface area contributed by atoms with Crippen molar-refractivity contribution >= 4 is 39.2 Å². The predicted molar refractivity (Wildman–Crippen MR) is 150 cm³/mol. The number of carbonyl (C=O) groups excluding carboxylic acids is 2. The first-order chi connectivity index (χ1) is 18.6. The normalized spacial score (nSPS) is 11.4. The van der Waals surface area contributed by atoms with E-state index in [9.17, 15) is 18.0 Å². The third-order valence-corrected chi connectivity index (χ3v) is 8.03. The molecule has 11 heteroatoms. The van der Waals surface area contributed by atoms with Crippen LogP contribution in [0.2, 0.25) is 0 Å². The minimum Gasteiger partial charge on any atom is -0.459 e. The molecule has 0 saturated carbocycles. The van der Waals surface area contributed by atoms with Gasteiger partial charge in [-0.2, -0.15) is 0 Å². The Bertz CT molecular complexity index is 1570. The molecule has 0 aliphatic rings. The molecule has 0 unspecified atom stereocenters. The van der Waals surface area contributed by atoms with Crippen LogP contribution >= 0.6 is 11.8 Å². The Hall–Kier alpha value is -3.96. The van der Waals surface area contributed by atoms with Gasteiger partial charge >= 0.3 is 5.97 Å². The van der Waals surface area contributed by atoms with Gasteiger partial charge in [-0.25, -0.2) is 13.2 Å². The average Bonchev–Trinajstić information content (AvgIpc) is 3.29. The van der Waals surface area contributed by atoms with Crippen LogP contribution in [0.5, 0.6) is 0 Å². The minimum atomic E-state index is -3.69. The van der Waals surface area contributed by atoms with Crippen molar-refractivity contribution in [3.63, 3.8) is 0 Å². The monoisotopic (exact) mass is 564 g/mol. The molecule has 9 nitrogen and oxygen atoms in total. The summed E-state index contributed by atoms with van der Waals surface area (Å²) < 4.78 is 33.1. The summed E-state index contributed by atoms with van der Waals surface area (Å²) in [6.07, 6.45) is -0.258. The Balaban J connectivity index is 1.51. The van der Waals surface area contributed by atoms with Gasteiger partial charge in [-0.1, -0.05) is 53.7 Å². The van der Waals surface area contributed by atoms with Crippen LogP contribution in [-0.2, 0) is 25.1 Å². The van der Waals surface area contributed by atoms with E-state index in [1.807, 2.05) is 37.3 Å². The van der Waals surface area contributed by atoms with Crippen molar-refractivity contribution in [3.8, 4) is 5.69 Å². The summed E-state index contributed by atoms with van der Waals surface area (Å²) in [6.45, 7) is 5.41. The highest BCUT2D eigenvalue weighted by molar-refractivity contribution is 7.99. The molecule has 0 saturated heterocycles. The highest BCUT2D eigenvalue weighted by Crippen LogP contribution is 2.25. The Morgan fingerprint density at radius 3 is 2.38 bits per heavy atom. The summed E-state index contributed by atoms with van der Waals surface area (Å²) in [6, 6.07) is 22.3. The molecule has 39 heavy (non-hydrogen) atoms. The third kappa shape index (κ3) is 7.33. The second-order valence-corrected chi connectivity index (χ2v) is 11.9. The van der Waals surface area contributed by atoms with Gasteiger partial charge in [0.15, 0.2) is 20.8 Å². The molecule has 0 spiro atoms. The van der Waals surface area contributed by atoms with Crippen molar-refractivity contribution in [2.24, 2.45) is 0 Å². The molecule has 0 aliphatic carbocycles. The number of ether oxygens (including phenoxy) is 1. The Morgan fingerprint density at radius 1 is 0.974 bits per heavy atom. The molecule has 202 valence electrons. The van der Waals surface area contributed by atoms with Crippen LogP contribution in [0, 0.1) is 6.92 Å². The molecular weight excluding hydrogens is 536 g/mol. The molecule has 1 amide bonds. The van der Waals surface area contributed by atoms with E-state index in [4.69, 9.17) is 4.74 Å². The van der Waals surface area contributed by atoms with Crippen molar-refractivity contribution in [1.29, 1.82) is 0 Å². The van der Waals surface area contributed by atoms with Gasteiger partial charge in [-0.3, -0.25) is 9.36 Å². The first-order valence-corrected chi connectivity index (χ1v) is 14.8. The molecule has 0 aliphatic heterocycles. The molecule has 4 aromatic rings. The maximum absolute atomic E-state index is 13.1. The SMILES string of the molecule is Cc1ccc(S(=O)(=O)Cc2nnc(SCC(=O)Nc3cccc(C(=O)OC(C)C)c3)n2-c2ccccc2)cc1. The number of aromatic nitrogens is 3. The third-order valence-electron chi connectivity index (χ3n) is 5.47. The van der Waals surface area contributed by atoms with Crippen LogP contribution in [0.25, 0.3) is 5.69 Å². The standard InChI is InChI=1S/C28H28N4O5S2/c1-19(2)37-27(34)21-8-7-9-22(16-21)29-26(33)17-38-28-31-30-25(32(28)23-10-5-4-6-11-23)18-39(35,36)24-14-12-20(3)13-15-24/h4-16,19H,17-18H2,1-3H3,(H,29,33). The molecule has 0 bridgehead atoms. The molecule has 0 atom stereocenters. The first kappa shape index (κ1) is 28.1. The lowest BCUT2D eigenvalue weighted by atomic mass is 10.2. The zero-order valence-corrected chi connectivity index (χ0v) is 23.3. The summed E-state index contributed by atoms with van der Waals surface area (Å²) in [7, 11) is -3.69. The molecule has 1 N–H and O–H groups in total. The minimum absolute atomic E-state index is 0.0175. The molecular formula is C28H28N4O5S2. The van der Waals surface area contributed by atoms with Gasteiger partial charge in [0.25, 0.3) is 0 Å². The molecule has 4 rings (SSSR count). The predicted octanol–water partition coefficient (Wildman–Crippen LogP) is 4.85. The highest BCUT2D eigenvalue weighted by Gasteiger charge is 2.23. The number of hydrogen-bond acceptors (Lipinski definition) is 8. The molecule has 0 fully saturated rings. The number of esters is 1. The number of nitrogens with one attached hydrogen (secondary N) is 1. The number of sulfone groups is 1. The number of thioether (sulfide) groups is 1. The second kappa shape index (κ2) is 12.3. The van der Waals surface area contributed by atoms with E-state index >= 15 is 0 Å². The van der Waals surface area contributed by atoms with Gasteiger partial charge in [-0.15, -0.1) is 10.2 Å². The second-order valence-electron chi connectivity index (χ2n) is 9.01. The number of nitrogens with zero attached hydrogens (tertiary/aromatic N) is 3. The fourth-order valence-corrected chi connectivity index (χ4v) is 5.67. The number of rotatable bonds is 10. The molecule has 0 radical (unpaired) electrons. The number of hydrogen-bond donors (Lipinski definition) is 1. The topological polar surface area (TPSA) is 120 Å². The largest absolute Gasteiger partial charge is 0.459 e. The van der Waals surface area contributed by atoms with Gasteiger partial charge in [0.2, 0.25) is 5.91 Å². The van der Waals surface area contributed by atoms with Crippen molar-refractivity contribution in [2.45, 2.75) is 42.7 Å². The van der Waals surface area contributed by atoms with Crippen LogP contribution in [0.15, 0.2) is 88.9 Å². The summed E-state index contributed by atoms with van der Waals surface area (Å²) in [5.74, 6) is -0.938. The van der Waals surface area contributed by atoms with Gasteiger partial charge in [0.05, 0.1) is 22.3 Å². The van der Waals surface area contributed by atoms with Gasteiger partial charge in [0.1, 0.15) is 5.75 Å². The van der Waals surface area contributed by atoms with E-state index in [-0.39, 0.29) is 34.2 Å². The van der Waals surface area contributed by atoms with Gasteiger partial charge in [0, 0.05) is 11.4 Å². The van der Waals surface area contributed by atoms with Crippen LogP contribution < -0.4 is 5.32 Å². The zero-order valence-electron chi connectivity index (χ0n) is 21.7. The summed E-state index contributed by atoms with van der Waals surface area (Å²) >= 11 is 1.12. The van der Waals surface area contributed by atoms with Crippen molar-refractivity contribution in [1.82, 2.24) is 14.8 Å². The Labute approximate surface area is 231 Å².